The highest BCUT2D eigenvalue weighted by atomic mass is 16.7. The van der Waals surface area contributed by atoms with Gasteiger partial charge in [-0.1, -0.05) is 0 Å². The summed E-state index contributed by atoms with van der Waals surface area (Å²) >= 11 is 0. The largest absolute Gasteiger partial charge is 0.394 e. The van der Waals surface area contributed by atoms with Crippen LogP contribution in [0.5, 0.6) is 0 Å². The third kappa shape index (κ3) is 1.97. The topological polar surface area (TPSA) is 125 Å². The van der Waals surface area contributed by atoms with Crippen molar-refractivity contribution in [2.45, 2.75) is 30.7 Å². The average molecular weight is 195 g/mol. The lowest BCUT2D eigenvalue weighted by molar-refractivity contribution is -0.295. The Bertz CT molecular complexity index is 167. The minimum atomic E-state index is -1.52. The van der Waals surface area contributed by atoms with Crippen molar-refractivity contribution in [3.8, 4) is 0 Å². The van der Waals surface area contributed by atoms with E-state index in [1.807, 2.05) is 0 Å². The van der Waals surface area contributed by atoms with Crippen molar-refractivity contribution in [3.05, 3.63) is 0 Å². The minimum Gasteiger partial charge on any atom is -0.394 e. The van der Waals surface area contributed by atoms with Gasteiger partial charge in [-0.3, -0.25) is 4.84 Å². The van der Waals surface area contributed by atoms with Crippen LogP contribution in [-0.2, 0) is 9.57 Å². The molecule has 1 fully saturated rings. The molecule has 0 bridgehead atoms. The van der Waals surface area contributed by atoms with Gasteiger partial charge in [0.1, 0.15) is 24.4 Å². The van der Waals surface area contributed by atoms with Gasteiger partial charge in [0.2, 0.25) is 0 Å². The molecular weight excluding hydrogens is 182 g/mol. The summed E-state index contributed by atoms with van der Waals surface area (Å²) in [5.74, 6) is 4.79. The molecule has 1 rings (SSSR count). The van der Waals surface area contributed by atoms with Gasteiger partial charge >= 0.3 is 0 Å². The van der Waals surface area contributed by atoms with Crippen molar-refractivity contribution in [2.24, 2.45) is 5.90 Å². The molecular formula is C6H13NO6. The lowest BCUT2D eigenvalue weighted by Crippen LogP contribution is -2.60. The highest BCUT2D eigenvalue weighted by molar-refractivity contribution is 4.88. The van der Waals surface area contributed by atoms with Gasteiger partial charge in [0, 0.05) is 0 Å². The van der Waals surface area contributed by atoms with Crippen LogP contribution >= 0.6 is 0 Å². The van der Waals surface area contributed by atoms with Crippen molar-refractivity contribution in [1.82, 2.24) is 0 Å². The van der Waals surface area contributed by atoms with Gasteiger partial charge in [0.25, 0.3) is 0 Å². The first kappa shape index (κ1) is 10.8. The molecule has 0 saturated carbocycles. The minimum absolute atomic E-state index is 0.495. The maximum absolute atomic E-state index is 9.36. The molecule has 0 radical (unpaired) electrons. The first-order valence-corrected chi connectivity index (χ1v) is 3.78. The second-order valence-electron chi connectivity index (χ2n) is 2.83. The quantitative estimate of drug-likeness (QED) is 0.292. The van der Waals surface area contributed by atoms with E-state index in [9.17, 15) is 10.2 Å². The van der Waals surface area contributed by atoms with Gasteiger partial charge in [0.15, 0.2) is 6.29 Å². The highest BCUT2D eigenvalue weighted by Gasteiger charge is 2.44. The summed E-state index contributed by atoms with van der Waals surface area (Å²) in [6.07, 6.45) is -6.39. The van der Waals surface area contributed by atoms with Crippen molar-refractivity contribution in [3.63, 3.8) is 0 Å². The summed E-state index contributed by atoms with van der Waals surface area (Å²) in [6, 6.07) is 0. The molecule has 7 heteroatoms. The number of rotatable bonds is 2. The van der Waals surface area contributed by atoms with Crippen molar-refractivity contribution < 1.29 is 30.0 Å². The van der Waals surface area contributed by atoms with Gasteiger partial charge in [-0.2, -0.15) is 0 Å². The molecule has 1 saturated heterocycles. The Balaban J connectivity index is 2.69. The number of aliphatic hydroxyl groups is 4. The molecule has 0 aromatic heterocycles. The summed E-state index contributed by atoms with van der Waals surface area (Å²) < 4.78 is 4.66. The monoisotopic (exact) mass is 195 g/mol. The SMILES string of the molecule is NOC1C(O)C(O)OC(CO)C1O. The lowest BCUT2D eigenvalue weighted by atomic mass is 9.99. The van der Waals surface area contributed by atoms with E-state index in [-0.39, 0.29) is 0 Å². The number of hydrogen-bond donors (Lipinski definition) is 5. The molecule has 1 aliphatic heterocycles. The van der Waals surface area contributed by atoms with Crippen LogP contribution in [0, 0.1) is 0 Å². The zero-order chi connectivity index (χ0) is 10.0. The Labute approximate surface area is 74.3 Å². The van der Waals surface area contributed by atoms with E-state index >= 15 is 0 Å². The van der Waals surface area contributed by atoms with Gasteiger partial charge < -0.3 is 25.2 Å². The van der Waals surface area contributed by atoms with Gasteiger partial charge in [-0.25, -0.2) is 5.90 Å². The molecule has 6 N–H and O–H groups in total. The first-order valence-electron chi connectivity index (χ1n) is 3.78. The molecule has 0 amide bonds. The Kier molecular flexibility index (Phi) is 3.56. The summed E-state index contributed by atoms with van der Waals surface area (Å²) in [7, 11) is 0. The van der Waals surface area contributed by atoms with E-state index < -0.39 is 37.3 Å². The van der Waals surface area contributed by atoms with Crippen molar-refractivity contribution in [1.29, 1.82) is 0 Å². The summed E-state index contributed by atoms with van der Waals surface area (Å²) in [4.78, 5) is 4.27. The normalized spacial score (nSPS) is 46.4. The van der Waals surface area contributed by atoms with E-state index in [1.54, 1.807) is 0 Å². The smallest absolute Gasteiger partial charge is 0.184 e. The standard InChI is InChI=1S/C6H13NO6/c7-13-5-3(9)2(1-8)12-6(11)4(5)10/h2-6,8-11H,1,7H2. The number of nitrogens with two attached hydrogens (primary N) is 1. The first-order chi connectivity index (χ1) is 6.11. The Morgan fingerprint density at radius 1 is 1.23 bits per heavy atom. The lowest BCUT2D eigenvalue weighted by Gasteiger charge is -2.38. The zero-order valence-corrected chi connectivity index (χ0v) is 6.78. The Morgan fingerprint density at radius 2 is 1.85 bits per heavy atom. The van der Waals surface area contributed by atoms with Crippen LogP contribution in [0.3, 0.4) is 0 Å². The number of ether oxygens (including phenoxy) is 1. The second kappa shape index (κ2) is 4.29. The molecule has 13 heavy (non-hydrogen) atoms. The van der Waals surface area contributed by atoms with E-state index in [0.29, 0.717) is 0 Å². The molecule has 0 aromatic carbocycles. The van der Waals surface area contributed by atoms with Crippen LogP contribution in [0.25, 0.3) is 0 Å². The molecule has 5 unspecified atom stereocenters. The molecule has 0 aliphatic carbocycles. The van der Waals surface area contributed by atoms with Crippen LogP contribution in [0.2, 0.25) is 0 Å². The van der Waals surface area contributed by atoms with Crippen molar-refractivity contribution in [2.75, 3.05) is 6.61 Å². The molecule has 1 aliphatic rings. The highest BCUT2D eigenvalue weighted by Crippen LogP contribution is 2.20. The van der Waals surface area contributed by atoms with Gasteiger partial charge in [0.05, 0.1) is 6.61 Å². The number of hydrogen-bond acceptors (Lipinski definition) is 7. The summed E-state index contributed by atoms with van der Waals surface area (Å²) in [6.45, 7) is -0.495. The predicted molar refractivity (Wildman–Crippen MR) is 39.0 cm³/mol. The summed E-state index contributed by atoms with van der Waals surface area (Å²) in [5, 5.41) is 36.3. The Morgan fingerprint density at radius 3 is 2.31 bits per heavy atom. The van der Waals surface area contributed by atoms with E-state index in [2.05, 4.69) is 9.57 Å². The van der Waals surface area contributed by atoms with Crippen LogP contribution in [0.15, 0.2) is 0 Å². The van der Waals surface area contributed by atoms with Crippen LogP contribution < -0.4 is 5.90 Å². The average Bonchev–Trinajstić information content (AvgIpc) is 2.12. The molecule has 0 spiro atoms. The maximum atomic E-state index is 9.36. The van der Waals surface area contributed by atoms with Crippen LogP contribution in [0.1, 0.15) is 0 Å². The van der Waals surface area contributed by atoms with Crippen LogP contribution in [-0.4, -0.2) is 57.7 Å². The maximum Gasteiger partial charge on any atom is 0.184 e. The third-order valence-corrected chi connectivity index (χ3v) is 2.00. The third-order valence-electron chi connectivity index (χ3n) is 2.00. The van der Waals surface area contributed by atoms with E-state index in [4.69, 9.17) is 16.1 Å². The molecule has 0 aromatic rings. The van der Waals surface area contributed by atoms with E-state index in [1.165, 1.54) is 0 Å². The molecule has 1 heterocycles. The fraction of sp³-hybridized carbons (Fsp3) is 1.00. The Hall–Kier alpha value is -0.280. The zero-order valence-electron chi connectivity index (χ0n) is 6.78. The molecule has 5 atom stereocenters. The second-order valence-corrected chi connectivity index (χ2v) is 2.83. The molecule has 78 valence electrons. The van der Waals surface area contributed by atoms with Crippen molar-refractivity contribution >= 4 is 0 Å². The van der Waals surface area contributed by atoms with Gasteiger partial charge in [-0.05, 0) is 0 Å². The predicted octanol–water partition coefficient (Wildman–Crippen LogP) is -3.32. The van der Waals surface area contributed by atoms with E-state index in [0.717, 1.165) is 0 Å². The fourth-order valence-electron chi connectivity index (χ4n) is 1.23. The number of aliphatic hydroxyl groups excluding tert-OH is 4. The van der Waals surface area contributed by atoms with Crippen LogP contribution in [0.4, 0.5) is 0 Å². The van der Waals surface area contributed by atoms with Gasteiger partial charge in [-0.15, -0.1) is 0 Å². The summed E-state index contributed by atoms with van der Waals surface area (Å²) in [5.41, 5.74) is 0. The fourth-order valence-corrected chi connectivity index (χ4v) is 1.23. The molecule has 7 nitrogen and oxygen atoms in total.